The van der Waals surface area contributed by atoms with E-state index in [1.807, 2.05) is 44.2 Å². The molecule has 12 heteroatoms. The molecule has 4 atom stereocenters. The number of amides is 5. The topological polar surface area (TPSA) is 175 Å². The van der Waals surface area contributed by atoms with E-state index in [1.54, 1.807) is 24.3 Å². The van der Waals surface area contributed by atoms with E-state index >= 15 is 0 Å². The lowest BCUT2D eigenvalue weighted by Gasteiger charge is -2.28. The van der Waals surface area contributed by atoms with Crippen LogP contribution in [0.5, 0.6) is 5.75 Å². The van der Waals surface area contributed by atoms with Crippen LogP contribution in [0.4, 0.5) is 0 Å². The molecule has 0 unspecified atom stereocenters. The van der Waals surface area contributed by atoms with E-state index in [-0.39, 0.29) is 36.2 Å². The monoisotopic (exact) mass is 705 g/mol. The standard InChI is InChI=1S/C39H55N5O7/c1-26(2)21-32-38(49)42-31(18-11-12-20-40-35(46)23-28-15-7-4-8-16-28)37(48)41-29(22-27-13-5-3-6-14-27)25-51-34-19-10-9-17-30(34)36(47)44-33(24-45)39(50)43-32/h3,5-6,9-10,13-14,17,19,26,28-29,31-33,45H,4,7-8,11-12,15-16,18,20-25H2,1-2H3,(H,40,46)(H,41,48)(H,42,49)(H,43,50)(H,44,47)/t29-,31-,32-,33-/m0/s1. The van der Waals surface area contributed by atoms with Gasteiger partial charge in [-0.1, -0.05) is 75.6 Å². The predicted molar refractivity (Wildman–Crippen MR) is 194 cm³/mol. The molecule has 1 aliphatic heterocycles. The number of para-hydroxylation sites is 1. The minimum absolute atomic E-state index is 0.00223. The fourth-order valence-electron chi connectivity index (χ4n) is 6.70. The van der Waals surface area contributed by atoms with E-state index in [4.69, 9.17) is 4.74 Å². The normalized spacial score (nSPS) is 22.5. The molecular weight excluding hydrogens is 650 g/mol. The zero-order chi connectivity index (χ0) is 36.6. The number of carbonyl (C=O) groups excluding carboxylic acids is 5. The van der Waals surface area contributed by atoms with Gasteiger partial charge < -0.3 is 36.4 Å². The summed E-state index contributed by atoms with van der Waals surface area (Å²) in [4.78, 5) is 66.9. The first kappa shape index (κ1) is 39.3. The van der Waals surface area contributed by atoms with E-state index in [0.717, 1.165) is 18.4 Å². The van der Waals surface area contributed by atoms with Crippen molar-refractivity contribution in [1.29, 1.82) is 0 Å². The van der Waals surface area contributed by atoms with Gasteiger partial charge in [-0.2, -0.15) is 0 Å². The largest absolute Gasteiger partial charge is 0.491 e. The third kappa shape index (κ3) is 13.0. The van der Waals surface area contributed by atoms with Crippen LogP contribution in [0.25, 0.3) is 0 Å². The summed E-state index contributed by atoms with van der Waals surface area (Å²) in [5, 5.41) is 24.3. The molecule has 2 aromatic carbocycles. The first-order valence-electron chi connectivity index (χ1n) is 18.5. The van der Waals surface area contributed by atoms with Gasteiger partial charge in [0.2, 0.25) is 23.6 Å². The Balaban J connectivity index is 1.54. The number of hydrogen-bond acceptors (Lipinski definition) is 7. The summed E-state index contributed by atoms with van der Waals surface area (Å²) in [6.07, 6.45) is 8.49. The Morgan fingerprint density at radius 1 is 0.824 bits per heavy atom. The van der Waals surface area contributed by atoms with E-state index in [0.29, 0.717) is 44.6 Å². The lowest BCUT2D eigenvalue weighted by Crippen LogP contribution is -2.58. The molecule has 2 aromatic rings. The molecule has 1 heterocycles. The van der Waals surface area contributed by atoms with Crippen LogP contribution in [0.15, 0.2) is 54.6 Å². The number of unbranched alkanes of at least 4 members (excludes halogenated alkanes) is 1. The fourth-order valence-corrected chi connectivity index (χ4v) is 6.70. The second-order valence-electron chi connectivity index (χ2n) is 14.2. The van der Waals surface area contributed by atoms with Gasteiger partial charge in [0.25, 0.3) is 5.91 Å². The number of hydrogen-bond donors (Lipinski definition) is 6. The van der Waals surface area contributed by atoms with Crippen LogP contribution in [0.3, 0.4) is 0 Å². The smallest absolute Gasteiger partial charge is 0.255 e. The number of rotatable bonds is 12. The van der Waals surface area contributed by atoms with Crippen LogP contribution in [-0.4, -0.2) is 78.6 Å². The Hall–Kier alpha value is -4.45. The first-order valence-corrected chi connectivity index (χ1v) is 18.5. The molecule has 12 nitrogen and oxygen atoms in total. The van der Waals surface area contributed by atoms with Crippen molar-refractivity contribution in [3.05, 3.63) is 65.7 Å². The van der Waals surface area contributed by atoms with E-state index in [2.05, 4.69) is 26.6 Å². The molecule has 1 aliphatic carbocycles. The molecule has 0 radical (unpaired) electrons. The molecule has 0 saturated heterocycles. The average Bonchev–Trinajstić information content (AvgIpc) is 3.12. The van der Waals surface area contributed by atoms with Crippen molar-refractivity contribution in [3.8, 4) is 5.75 Å². The summed E-state index contributed by atoms with van der Waals surface area (Å²) in [5.41, 5.74) is 1.11. The maximum Gasteiger partial charge on any atom is 0.255 e. The molecule has 1 fully saturated rings. The third-order valence-electron chi connectivity index (χ3n) is 9.46. The number of carbonyl (C=O) groups is 5. The van der Waals surface area contributed by atoms with Crippen molar-refractivity contribution < 1.29 is 33.8 Å². The lowest BCUT2D eigenvalue weighted by molar-refractivity contribution is -0.133. The molecule has 1 saturated carbocycles. The highest BCUT2D eigenvalue weighted by molar-refractivity contribution is 6.00. The van der Waals surface area contributed by atoms with Crippen molar-refractivity contribution >= 4 is 29.5 Å². The summed E-state index contributed by atoms with van der Waals surface area (Å²) in [6, 6.07) is 12.3. The zero-order valence-corrected chi connectivity index (χ0v) is 30.0. The van der Waals surface area contributed by atoms with Crippen LogP contribution < -0.4 is 31.3 Å². The molecule has 51 heavy (non-hydrogen) atoms. The second-order valence-corrected chi connectivity index (χ2v) is 14.2. The quantitative estimate of drug-likeness (QED) is 0.184. The van der Waals surface area contributed by atoms with Crippen molar-refractivity contribution in [1.82, 2.24) is 26.6 Å². The Morgan fingerprint density at radius 2 is 1.49 bits per heavy atom. The minimum atomic E-state index is -1.33. The molecule has 0 spiro atoms. The highest BCUT2D eigenvalue weighted by Gasteiger charge is 2.32. The molecule has 2 aliphatic rings. The van der Waals surface area contributed by atoms with Gasteiger partial charge in [0.05, 0.1) is 18.2 Å². The van der Waals surface area contributed by atoms with Crippen LogP contribution in [0.1, 0.15) is 94.0 Å². The zero-order valence-electron chi connectivity index (χ0n) is 30.0. The van der Waals surface area contributed by atoms with Gasteiger partial charge in [0.15, 0.2) is 0 Å². The molecule has 5 amide bonds. The molecule has 278 valence electrons. The number of nitrogens with one attached hydrogen (secondary N) is 5. The van der Waals surface area contributed by atoms with Crippen LogP contribution in [0.2, 0.25) is 0 Å². The molecule has 0 bridgehead atoms. The maximum absolute atomic E-state index is 14.0. The number of aliphatic hydroxyl groups is 1. The SMILES string of the molecule is CC(C)C[C@@H]1NC(=O)[C@H](CO)NC(=O)c2ccccc2OC[C@H](Cc2ccccc2)NC(=O)[C@H](CCCCNC(=O)CC2CCCCC2)NC1=O. The van der Waals surface area contributed by atoms with Crippen LogP contribution in [-0.2, 0) is 25.6 Å². The Kier molecular flexibility index (Phi) is 15.7. The van der Waals surface area contributed by atoms with Crippen LogP contribution in [0, 0.1) is 11.8 Å². The summed E-state index contributed by atoms with van der Waals surface area (Å²) in [6.45, 7) is 3.59. The average molecular weight is 706 g/mol. The first-order chi connectivity index (χ1) is 24.6. The predicted octanol–water partition coefficient (Wildman–Crippen LogP) is 3.17. The van der Waals surface area contributed by atoms with Crippen molar-refractivity contribution in [2.75, 3.05) is 19.8 Å². The number of ether oxygens (including phenoxy) is 1. The van der Waals surface area contributed by atoms with Gasteiger partial charge >= 0.3 is 0 Å². The van der Waals surface area contributed by atoms with E-state index in [9.17, 15) is 29.1 Å². The fraction of sp³-hybridized carbons (Fsp3) is 0.564. The Morgan fingerprint density at radius 3 is 2.22 bits per heavy atom. The molecule has 0 aromatic heterocycles. The number of benzene rings is 2. The highest BCUT2D eigenvalue weighted by Crippen LogP contribution is 2.26. The summed E-state index contributed by atoms with van der Waals surface area (Å²) in [5.74, 6) is -1.58. The summed E-state index contributed by atoms with van der Waals surface area (Å²) < 4.78 is 6.13. The Bertz CT molecular complexity index is 1450. The van der Waals surface area contributed by atoms with Gasteiger partial charge in [-0.15, -0.1) is 0 Å². The van der Waals surface area contributed by atoms with Crippen molar-refractivity contribution in [2.24, 2.45) is 11.8 Å². The van der Waals surface area contributed by atoms with E-state index < -0.39 is 54.4 Å². The van der Waals surface area contributed by atoms with Crippen LogP contribution >= 0.6 is 0 Å². The minimum Gasteiger partial charge on any atom is -0.491 e. The van der Waals surface area contributed by atoms with Gasteiger partial charge in [-0.3, -0.25) is 24.0 Å². The lowest BCUT2D eigenvalue weighted by atomic mass is 9.87. The number of aliphatic hydroxyl groups excluding tert-OH is 1. The molecule has 6 N–H and O–H groups in total. The van der Waals surface area contributed by atoms with Gasteiger partial charge in [-0.05, 0) is 74.5 Å². The molecular formula is C39H55N5O7. The van der Waals surface area contributed by atoms with Gasteiger partial charge in [-0.25, -0.2) is 0 Å². The number of fused-ring (bicyclic) bond motifs is 1. The second kappa shape index (κ2) is 20.4. The van der Waals surface area contributed by atoms with E-state index in [1.165, 1.54) is 19.3 Å². The highest BCUT2D eigenvalue weighted by atomic mass is 16.5. The third-order valence-corrected chi connectivity index (χ3v) is 9.46. The summed E-state index contributed by atoms with van der Waals surface area (Å²) in [7, 11) is 0. The maximum atomic E-state index is 14.0. The van der Waals surface area contributed by atoms with Crippen molar-refractivity contribution in [2.45, 2.75) is 109 Å². The van der Waals surface area contributed by atoms with Crippen molar-refractivity contribution in [3.63, 3.8) is 0 Å². The van der Waals surface area contributed by atoms with Gasteiger partial charge in [0, 0.05) is 13.0 Å². The summed E-state index contributed by atoms with van der Waals surface area (Å²) >= 11 is 0. The Labute approximate surface area is 301 Å². The molecule has 4 rings (SSSR count). The van der Waals surface area contributed by atoms with Gasteiger partial charge in [0.1, 0.15) is 30.5 Å².